The highest BCUT2D eigenvalue weighted by Gasteiger charge is 2.31. The Bertz CT molecular complexity index is 465. The van der Waals surface area contributed by atoms with E-state index in [0.29, 0.717) is 18.8 Å². The molecule has 0 aliphatic heterocycles. The molecule has 0 amide bonds. The van der Waals surface area contributed by atoms with Gasteiger partial charge in [0.15, 0.2) is 0 Å². The normalized spacial score (nSPS) is 12.6. The Balaban J connectivity index is 2.89. The third-order valence-corrected chi connectivity index (χ3v) is 2.84. The molecule has 0 unspecified atom stereocenters. The summed E-state index contributed by atoms with van der Waals surface area (Å²) >= 11 is 0. The number of benzene rings is 1. The van der Waals surface area contributed by atoms with Crippen molar-refractivity contribution in [3.63, 3.8) is 0 Å². The topological polar surface area (TPSA) is 44.5 Å². The SMILES string of the molecule is CC(C)c1ccc(OC(F)(F)F)cc1OCCC(C)(C)N. The zero-order chi connectivity index (χ0) is 16.3. The predicted molar refractivity (Wildman–Crippen MR) is 75.6 cm³/mol. The van der Waals surface area contributed by atoms with E-state index in [1.807, 2.05) is 27.7 Å². The van der Waals surface area contributed by atoms with Gasteiger partial charge >= 0.3 is 6.36 Å². The van der Waals surface area contributed by atoms with Gasteiger partial charge < -0.3 is 15.2 Å². The zero-order valence-electron chi connectivity index (χ0n) is 12.8. The summed E-state index contributed by atoms with van der Waals surface area (Å²) < 4.78 is 46.3. The standard InChI is InChI=1S/C15H22F3NO2/c1-10(2)12-6-5-11(21-15(16,17)18)9-13(12)20-8-7-14(3,4)19/h5-6,9-10H,7-8,19H2,1-4H3. The molecule has 0 aliphatic rings. The Morgan fingerprint density at radius 1 is 1.19 bits per heavy atom. The van der Waals surface area contributed by atoms with Crippen molar-refractivity contribution in [3.8, 4) is 11.5 Å². The summed E-state index contributed by atoms with van der Waals surface area (Å²) in [6.45, 7) is 7.95. The minimum Gasteiger partial charge on any atom is -0.493 e. The van der Waals surface area contributed by atoms with E-state index < -0.39 is 11.9 Å². The summed E-state index contributed by atoms with van der Waals surface area (Å²) in [6.07, 6.45) is -4.12. The van der Waals surface area contributed by atoms with Crippen LogP contribution in [0.1, 0.15) is 45.6 Å². The molecule has 21 heavy (non-hydrogen) atoms. The summed E-state index contributed by atoms with van der Waals surface area (Å²) in [6, 6.07) is 4.16. The highest BCUT2D eigenvalue weighted by atomic mass is 19.4. The second kappa shape index (κ2) is 6.56. The molecule has 0 heterocycles. The van der Waals surface area contributed by atoms with Crippen molar-refractivity contribution >= 4 is 0 Å². The molecule has 2 N–H and O–H groups in total. The Morgan fingerprint density at radius 3 is 2.29 bits per heavy atom. The molecule has 0 spiro atoms. The first-order valence-corrected chi connectivity index (χ1v) is 6.79. The van der Waals surface area contributed by atoms with Crippen LogP contribution in [-0.2, 0) is 0 Å². The van der Waals surface area contributed by atoms with Crippen LogP contribution in [0.2, 0.25) is 0 Å². The van der Waals surface area contributed by atoms with E-state index in [1.54, 1.807) is 6.07 Å². The summed E-state index contributed by atoms with van der Waals surface area (Å²) in [7, 11) is 0. The van der Waals surface area contributed by atoms with Gasteiger partial charge in [-0.2, -0.15) is 0 Å². The average Bonchev–Trinajstić information content (AvgIpc) is 2.24. The largest absolute Gasteiger partial charge is 0.573 e. The molecule has 1 rings (SSSR count). The zero-order valence-corrected chi connectivity index (χ0v) is 12.8. The lowest BCUT2D eigenvalue weighted by Crippen LogP contribution is -2.33. The van der Waals surface area contributed by atoms with Crippen LogP contribution in [0.3, 0.4) is 0 Å². The van der Waals surface area contributed by atoms with Gasteiger partial charge in [-0.3, -0.25) is 0 Å². The van der Waals surface area contributed by atoms with Crippen LogP contribution in [0.15, 0.2) is 18.2 Å². The molecule has 6 heteroatoms. The summed E-state index contributed by atoms with van der Waals surface area (Å²) in [5.74, 6) is 0.246. The lowest BCUT2D eigenvalue weighted by atomic mass is 10.0. The van der Waals surface area contributed by atoms with Crippen LogP contribution in [0.25, 0.3) is 0 Å². The molecular formula is C15H22F3NO2. The molecule has 0 saturated heterocycles. The van der Waals surface area contributed by atoms with E-state index in [2.05, 4.69) is 4.74 Å². The van der Waals surface area contributed by atoms with Crippen molar-refractivity contribution in [1.82, 2.24) is 0 Å². The summed E-state index contributed by atoms with van der Waals surface area (Å²) in [4.78, 5) is 0. The molecule has 1 aromatic rings. The van der Waals surface area contributed by atoms with E-state index >= 15 is 0 Å². The lowest BCUT2D eigenvalue weighted by molar-refractivity contribution is -0.274. The van der Waals surface area contributed by atoms with E-state index in [4.69, 9.17) is 10.5 Å². The first kappa shape index (κ1) is 17.6. The molecule has 0 saturated carbocycles. The van der Waals surface area contributed by atoms with E-state index in [1.165, 1.54) is 12.1 Å². The van der Waals surface area contributed by atoms with Gasteiger partial charge in [-0.05, 0) is 37.8 Å². The monoisotopic (exact) mass is 305 g/mol. The maximum absolute atomic E-state index is 12.3. The fourth-order valence-corrected chi connectivity index (χ4v) is 1.74. The number of halogens is 3. The van der Waals surface area contributed by atoms with Gasteiger partial charge in [-0.1, -0.05) is 19.9 Å². The number of nitrogens with two attached hydrogens (primary N) is 1. The van der Waals surface area contributed by atoms with Crippen molar-refractivity contribution in [3.05, 3.63) is 23.8 Å². The number of rotatable bonds is 6. The Hall–Kier alpha value is -1.43. The second-order valence-corrected chi connectivity index (χ2v) is 5.99. The van der Waals surface area contributed by atoms with Crippen molar-refractivity contribution < 1.29 is 22.6 Å². The second-order valence-electron chi connectivity index (χ2n) is 5.99. The van der Waals surface area contributed by atoms with E-state index in [-0.39, 0.29) is 11.7 Å². The van der Waals surface area contributed by atoms with Crippen molar-refractivity contribution in [2.24, 2.45) is 5.73 Å². The van der Waals surface area contributed by atoms with Crippen molar-refractivity contribution in [2.45, 2.75) is 51.9 Å². The Kier molecular flexibility index (Phi) is 5.50. The van der Waals surface area contributed by atoms with Gasteiger partial charge in [0, 0.05) is 11.6 Å². The van der Waals surface area contributed by atoms with Crippen LogP contribution in [-0.4, -0.2) is 18.5 Å². The van der Waals surface area contributed by atoms with E-state index in [9.17, 15) is 13.2 Å². The van der Waals surface area contributed by atoms with Crippen LogP contribution in [0, 0.1) is 0 Å². The molecule has 3 nitrogen and oxygen atoms in total. The third kappa shape index (κ3) is 6.71. The number of ether oxygens (including phenoxy) is 2. The van der Waals surface area contributed by atoms with Gasteiger partial charge in [0.1, 0.15) is 11.5 Å². The van der Waals surface area contributed by atoms with Crippen molar-refractivity contribution in [1.29, 1.82) is 0 Å². The van der Waals surface area contributed by atoms with E-state index in [0.717, 1.165) is 5.56 Å². The number of hydrogen-bond acceptors (Lipinski definition) is 3. The molecule has 1 aromatic carbocycles. The number of hydrogen-bond donors (Lipinski definition) is 1. The van der Waals surface area contributed by atoms with Crippen LogP contribution in [0.4, 0.5) is 13.2 Å². The average molecular weight is 305 g/mol. The Morgan fingerprint density at radius 2 is 1.81 bits per heavy atom. The molecular weight excluding hydrogens is 283 g/mol. The predicted octanol–water partition coefficient (Wildman–Crippen LogP) is 4.21. The molecule has 0 fully saturated rings. The van der Waals surface area contributed by atoms with Gasteiger partial charge in [-0.25, -0.2) is 0 Å². The highest BCUT2D eigenvalue weighted by Crippen LogP contribution is 2.33. The smallest absolute Gasteiger partial charge is 0.493 e. The minimum absolute atomic E-state index is 0.130. The molecule has 0 bridgehead atoms. The number of alkyl halides is 3. The third-order valence-electron chi connectivity index (χ3n) is 2.84. The van der Waals surface area contributed by atoms with Gasteiger partial charge in [-0.15, -0.1) is 13.2 Å². The van der Waals surface area contributed by atoms with Crippen LogP contribution >= 0.6 is 0 Å². The minimum atomic E-state index is -4.71. The van der Waals surface area contributed by atoms with Gasteiger partial charge in [0.05, 0.1) is 6.61 Å². The molecule has 120 valence electrons. The fourth-order valence-electron chi connectivity index (χ4n) is 1.74. The van der Waals surface area contributed by atoms with Crippen molar-refractivity contribution in [2.75, 3.05) is 6.61 Å². The van der Waals surface area contributed by atoms with Gasteiger partial charge in [0.25, 0.3) is 0 Å². The molecule has 0 aromatic heterocycles. The molecule has 0 aliphatic carbocycles. The maximum atomic E-state index is 12.3. The lowest BCUT2D eigenvalue weighted by Gasteiger charge is -2.20. The highest BCUT2D eigenvalue weighted by molar-refractivity contribution is 5.42. The quantitative estimate of drug-likeness (QED) is 0.856. The first-order chi connectivity index (χ1) is 9.48. The Labute approximate surface area is 123 Å². The molecule has 0 radical (unpaired) electrons. The maximum Gasteiger partial charge on any atom is 0.573 e. The first-order valence-electron chi connectivity index (χ1n) is 6.79. The van der Waals surface area contributed by atoms with Gasteiger partial charge in [0.2, 0.25) is 0 Å². The fraction of sp³-hybridized carbons (Fsp3) is 0.600. The summed E-state index contributed by atoms with van der Waals surface area (Å²) in [5.41, 5.74) is 6.30. The van der Waals surface area contributed by atoms with Crippen LogP contribution < -0.4 is 15.2 Å². The van der Waals surface area contributed by atoms with Crippen LogP contribution in [0.5, 0.6) is 11.5 Å². The summed E-state index contributed by atoms with van der Waals surface area (Å²) in [5, 5.41) is 0. The molecule has 0 atom stereocenters.